The molecule has 2 aromatic carbocycles. The molecule has 0 bridgehead atoms. The number of hydrogen-bond donors (Lipinski definition) is 1. The molecule has 3 aliphatic rings. The van der Waals surface area contributed by atoms with Crippen molar-refractivity contribution in [2.24, 2.45) is 0 Å². The van der Waals surface area contributed by atoms with Crippen LogP contribution in [-0.4, -0.2) is 61.2 Å². The molecule has 0 aromatic heterocycles. The number of rotatable bonds is 4. The molecule has 2 saturated heterocycles. The lowest BCUT2D eigenvalue weighted by Gasteiger charge is -2.51. The van der Waals surface area contributed by atoms with E-state index in [1.807, 2.05) is 12.1 Å². The number of hydrogen-bond acceptors (Lipinski definition) is 3. The minimum Gasteiger partial charge on any atom is -0.496 e. The number of carbonyl (C=O) groups excluding carboxylic acids is 1. The zero-order valence-electron chi connectivity index (χ0n) is 19.1. The van der Waals surface area contributed by atoms with E-state index in [4.69, 9.17) is 4.74 Å². The summed E-state index contributed by atoms with van der Waals surface area (Å²) < 4.78 is 5.54. The van der Waals surface area contributed by atoms with Gasteiger partial charge in [0, 0.05) is 43.2 Å². The molecule has 1 unspecified atom stereocenters. The lowest BCUT2D eigenvalue weighted by molar-refractivity contribution is 0.0254. The van der Waals surface area contributed by atoms with E-state index in [1.165, 1.54) is 30.4 Å². The highest BCUT2D eigenvalue weighted by Gasteiger charge is 2.41. The van der Waals surface area contributed by atoms with Gasteiger partial charge in [0.05, 0.1) is 7.11 Å². The highest BCUT2D eigenvalue weighted by Crippen LogP contribution is 2.37. The zero-order chi connectivity index (χ0) is 21.9. The summed E-state index contributed by atoms with van der Waals surface area (Å²) in [7, 11) is 1.72. The molecular weight excluding hydrogens is 398 g/mol. The number of ether oxygens (including phenoxy) is 1. The van der Waals surface area contributed by atoms with Crippen molar-refractivity contribution in [3.05, 3.63) is 54.1 Å². The minimum absolute atomic E-state index is 0.149. The molecule has 5 heteroatoms. The third-order valence-corrected chi connectivity index (χ3v) is 7.62. The molecule has 1 aliphatic carbocycles. The monoisotopic (exact) mass is 433 g/mol. The molecule has 1 N–H and O–H groups in total. The summed E-state index contributed by atoms with van der Waals surface area (Å²) in [5.74, 6) is 1.39. The Labute approximate surface area is 191 Å². The zero-order valence-corrected chi connectivity index (χ0v) is 19.1. The second-order valence-electron chi connectivity index (χ2n) is 9.58. The molecule has 2 atom stereocenters. The number of urea groups is 1. The molecule has 32 heavy (non-hydrogen) atoms. The highest BCUT2D eigenvalue weighted by molar-refractivity contribution is 5.74. The maximum absolute atomic E-state index is 13.0. The van der Waals surface area contributed by atoms with Crippen molar-refractivity contribution in [1.29, 1.82) is 0 Å². The van der Waals surface area contributed by atoms with E-state index in [-0.39, 0.29) is 6.03 Å². The van der Waals surface area contributed by atoms with Gasteiger partial charge in [0.1, 0.15) is 5.75 Å². The van der Waals surface area contributed by atoms with Crippen LogP contribution in [0.25, 0.3) is 11.1 Å². The van der Waals surface area contributed by atoms with Gasteiger partial charge < -0.3 is 15.0 Å². The Morgan fingerprint density at radius 1 is 0.938 bits per heavy atom. The van der Waals surface area contributed by atoms with Crippen molar-refractivity contribution in [2.75, 3.05) is 33.3 Å². The van der Waals surface area contributed by atoms with Gasteiger partial charge in [-0.1, -0.05) is 55.3 Å². The van der Waals surface area contributed by atoms with E-state index < -0.39 is 0 Å². The van der Waals surface area contributed by atoms with Gasteiger partial charge in [-0.3, -0.25) is 4.90 Å². The predicted octanol–water partition coefficient (Wildman–Crippen LogP) is 4.88. The van der Waals surface area contributed by atoms with Crippen LogP contribution in [0.5, 0.6) is 5.75 Å². The standard InChI is InChI=1S/C27H35N3O2/c1-32-26-11-5-4-10-23(26)20-12-14-21(15-13-20)24-18-29-16-6-7-17-30(19-25(24)29)27(31)28-22-8-2-3-9-22/h4-5,10-15,22,24-25H,2-3,6-9,16-19H2,1H3,(H,28,31)/t24-,25?/m1/s1. The fraction of sp³-hybridized carbons (Fsp3) is 0.519. The van der Waals surface area contributed by atoms with E-state index in [0.29, 0.717) is 18.0 Å². The predicted molar refractivity (Wildman–Crippen MR) is 128 cm³/mol. The van der Waals surface area contributed by atoms with Gasteiger partial charge in [-0.25, -0.2) is 4.79 Å². The smallest absolute Gasteiger partial charge is 0.317 e. The van der Waals surface area contributed by atoms with Crippen molar-refractivity contribution in [3.63, 3.8) is 0 Å². The molecule has 2 amide bonds. The summed E-state index contributed by atoms with van der Waals surface area (Å²) in [6.45, 7) is 3.95. The molecule has 2 aromatic rings. The fourth-order valence-corrected chi connectivity index (χ4v) is 5.70. The van der Waals surface area contributed by atoms with Gasteiger partial charge >= 0.3 is 6.03 Å². The Morgan fingerprint density at radius 2 is 1.69 bits per heavy atom. The van der Waals surface area contributed by atoms with Gasteiger partial charge in [0.15, 0.2) is 0 Å². The summed E-state index contributed by atoms with van der Waals surface area (Å²) in [6, 6.07) is 18.1. The van der Waals surface area contributed by atoms with E-state index >= 15 is 0 Å². The molecule has 1 saturated carbocycles. The van der Waals surface area contributed by atoms with Crippen LogP contribution in [0, 0.1) is 0 Å². The number of benzene rings is 2. The van der Waals surface area contributed by atoms with Crippen LogP contribution >= 0.6 is 0 Å². The third-order valence-electron chi connectivity index (χ3n) is 7.62. The normalized spacial score (nSPS) is 24.2. The van der Waals surface area contributed by atoms with Gasteiger partial charge in [0.2, 0.25) is 0 Å². The molecule has 3 fully saturated rings. The Hall–Kier alpha value is -2.53. The average Bonchev–Trinajstić information content (AvgIpc) is 3.32. The maximum Gasteiger partial charge on any atom is 0.317 e. The molecular formula is C27H35N3O2. The number of nitrogens with one attached hydrogen (secondary N) is 1. The van der Waals surface area contributed by atoms with Crippen molar-refractivity contribution in [1.82, 2.24) is 15.1 Å². The first-order valence-corrected chi connectivity index (χ1v) is 12.3. The van der Waals surface area contributed by atoms with Gasteiger partial charge in [-0.15, -0.1) is 0 Å². The molecule has 170 valence electrons. The van der Waals surface area contributed by atoms with Crippen LogP contribution in [0.1, 0.15) is 50.0 Å². The second kappa shape index (κ2) is 9.53. The van der Waals surface area contributed by atoms with Crippen molar-refractivity contribution in [3.8, 4) is 16.9 Å². The van der Waals surface area contributed by atoms with Crippen LogP contribution in [0.3, 0.4) is 0 Å². The van der Waals surface area contributed by atoms with Gasteiger partial charge in [0.25, 0.3) is 0 Å². The van der Waals surface area contributed by atoms with E-state index in [9.17, 15) is 4.79 Å². The van der Waals surface area contributed by atoms with Crippen LogP contribution < -0.4 is 10.1 Å². The minimum atomic E-state index is 0.149. The van der Waals surface area contributed by atoms with Crippen LogP contribution in [-0.2, 0) is 0 Å². The number of nitrogens with zero attached hydrogens (tertiary/aromatic N) is 2. The molecule has 2 aliphatic heterocycles. The van der Waals surface area contributed by atoms with Crippen LogP contribution in [0.4, 0.5) is 4.79 Å². The van der Waals surface area contributed by atoms with E-state index in [2.05, 4.69) is 51.5 Å². The molecule has 0 spiro atoms. The van der Waals surface area contributed by atoms with Crippen molar-refractivity contribution < 1.29 is 9.53 Å². The molecule has 5 rings (SSSR count). The fourth-order valence-electron chi connectivity index (χ4n) is 5.70. The third kappa shape index (κ3) is 4.36. The summed E-state index contributed by atoms with van der Waals surface area (Å²) in [5, 5.41) is 3.30. The first-order valence-electron chi connectivity index (χ1n) is 12.3. The molecule has 2 heterocycles. The maximum atomic E-state index is 13.0. The number of fused-ring (bicyclic) bond motifs is 1. The summed E-state index contributed by atoms with van der Waals surface area (Å²) in [4.78, 5) is 17.6. The van der Waals surface area contributed by atoms with Gasteiger partial charge in [-0.05, 0) is 49.4 Å². The lowest BCUT2D eigenvalue weighted by Crippen LogP contribution is -2.62. The number of para-hydroxylation sites is 1. The Bertz CT molecular complexity index is 923. The van der Waals surface area contributed by atoms with Crippen molar-refractivity contribution in [2.45, 2.75) is 56.5 Å². The van der Waals surface area contributed by atoms with Crippen LogP contribution in [0.2, 0.25) is 0 Å². The largest absolute Gasteiger partial charge is 0.496 e. The number of carbonyl (C=O) groups is 1. The Balaban J connectivity index is 1.28. The summed E-state index contributed by atoms with van der Waals surface area (Å²) in [6.07, 6.45) is 7.03. The quantitative estimate of drug-likeness (QED) is 0.748. The number of methoxy groups -OCH3 is 1. The SMILES string of the molecule is COc1ccccc1-c1ccc([C@H]2CN3CCCCN(C(=O)NC4CCCC4)CC23)cc1. The molecule has 0 radical (unpaired) electrons. The molecule has 5 nitrogen and oxygen atoms in total. The lowest BCUT2D eigenvalue weighted by atomic mass is 9.81. The first-order chi connectivity index (χ1) is 15.7. The second-order valence-corrected chi connectivity index (χ2v) is 9.58. The first kappa shape index (κ1) is 21.3. The summed E-state index contributed by atoms with van der Waals surface area (Å²) in [5.41, 5.74) is 3.68. The van der Waals surface area contributed by atoms with Gasteiger partial charge in [-0.2, -0.15) is 0 Å². The number of amides is 2. The Morgan fingerprint density at radius 3 is 2.47 bits per heavy atom. The van der Waals surface area contributed by atoms with E-state index in [1.54, 1.807) is 7.11 Å². The Kier molecular flexibility index (Phi) is 6.35. The average molecular weight is 434 g/mol. The summed E-state index contributed by atoms with van der Waals surface area (Å²) >= 11 is 0. The highest BCUT2D eigenvalue weighted by atomic mass is 16.5. The van der Waals surface area contributed by atoms with Crippen molar-refractivity contribution >= 4 is 6.03 Å². The van der Waals surface area contributed by atoms with Crippen LogP contribution in [0.15, 0.2) is 48.5 Å². The van der Waals surface area contributed by atoms with E-state index in [0.717, 1.165) is 56.8 Å². The topological polar surface area (TPSA) is 44.8 Å².